The minimum Gasteiger partial charge on any atom is -0.399 e. The quantitative estimate of drug-likeness (QED) is 0.639. The molecule has 0 saturated carbocycles. The first-order valence-electron chi connectivity index (χ1n) is 6.14. The number of thiazole rings is 2. The number of nitrogens with zero attached hydrogens (tertiary/aromatic N) is 2. The smallest absolute Gasteiger partial charge is 0.187 e. The fourth-order valence-electron chi connectivity index (χ4n) is 1.89. The zero-order chi connectivity index (χ0) is 14.1. The summed E-state index contributed by atoms with van der Waals surface area (Å²) >= 11 is 3.26. The second-order valence-electron chi connectivity index (χ2n) is 4.43. The van der Waals surface area contributed by atoms with E-state index in [1.165, 1.54) is 0 Å². The van der Waals surface area contributed by atoms with Crippen molar-refractivity contribution in [2.24, 2.45) is 0 Å². The van der Waals surface area contributed by atoms with Crippen LogP contribution in [-0.4, -0.2) is 9.97 Å². The van der Waals surface area contributed by atoms with E-state index in [9.17, 15) is 0 Å². The highest BCUT2D eigenvalue weighted by Gasteiger charge is 2.11. The first-order valence-corrected chi connectivity index (χ1v) is 7.84. The molecule has 3 aromatic rings. The van der Waals surface area contributed by atoms with Crippen LogP contribution in [0.25, 0.3) is 10.6 Å². The molecule has 21 heavy (non-hydrogen) atoms. The summed E-state index contributed by atoms with van der Waals surface area (Å²) in [5.74, 6) is 0. The highest BCUT2D eigenvalue weighted by Crippen LogP contribution is 2.32. The molecule has 0 spiro atoms. The average Bonchev–Trinajstić information content (AvgIpc) is 2.99. The molecule has 0 unspecified atom stereocenters. The fourth-order valence-corrected chi connectivity index (χ4v) is 3.57. The number of halogens is 1. The summed E-state index contributed by atoms with van der Waals surface area (Å²) in [6.45, 7) is 4.03. The van der Waals surface area contributed by atoms with Gasteiger partial charge in [-0.2, -0.15) is 0 Å². The number of nitrogens with one attached hydrogen (secondary N) is 1. The van der Waals surface area contributed by atoms with Crippen molar-refractivity contribution < 1.29 is 0 Å². The highest BCUT2D eigenvalue weighted by molar-refractivity contribution is 8.93. The van der Waals surface area contributed by atoms with Crippen molar-refractivity contribution in [3.8, 4) is 10.6 Å². The summed E-state index contributed by atoms with van der Waals surface area (Å²) in [7, 11) is 0. The first-order chi connectivity index (χ1) is 9.61. The monoisotopic (exact) mass is 382 g/mol. The molecule has 0 aliphatic carbocycles. The van der Waals surface area contributed by atoms with Crippen molar-refractivity contribution >= 4 is 56.2 Å². The van der Waals surface area contributed by atoms with Gasteiger partial charge in [0.05, 0.1) is 21.3 Å². The number of nitrogen functional groups attached to an aromatic ring is 1. The Kier molecular flexibility index (Phi) is 4.97. The number of rotatable bonds is 3. The van der Waals surface area contributed by atoms with Crippen LogP contribution in [0.3, 0.4) is 0 Å². The Bertz CT molecular complexity index is 734. The second kappa shape index (κ2) is 6.55. The van der Waals surface area contributed by atoms with Crippen LogP contribution in [0, 0.1) is 13.8 Å². The maximum absolute atomic E-state index is 5.67. The first kappa shape index (κ1) is 15.9. The molecule has 7 heteroatoms. The van der Waals surface area contributed by atoms with E-state index in [-0.39, 0.29) is 17.0 Å². The third-order valence-corrected chi connectivity index (χ3v) is 4.66. The van der Waals surface area contributed by atoms with Gasteiger partial charge in [-0.05, 0) is 38.1 Å². The zero-order valence-corrected chi connectivity index (χ0v) is 14.9. The van der Waals surface area contributed by atoms with E-state index in [0.717, 1.165) is 37.8 Å². The van der Waals surface area contributed by atoms with E-state index in [1.807, 2.05) is 38.1 Å². The standard InChI is InChI=1S/C14H14N4S2.BrH/c1-8-13(20-9(2)16-8)12-7-19-14(18-12)17-11-5-3-10(15)4-6-11;/h3-7H,15H2,1-2H3,(H,17,18);1H. The van der Waals surface area contributed by atoms with Crippen molar-refractivity contribution in [2.45, 2.75) is 13.8 Å². The van der Waals surface area contributed by atoms with Crippen molar-refractivity contribution in [1.82, 2.24) is 9.97 Å². The lowest BCUT2D eigenvalue weighted by Gasteiger charge is -2.02. The van der Waals surface area contributed by atoms with E-state index in [1.54, 1.807) is 22.7 Å². The number of aryl methyl sites for hydroxylation is 2. The van der Waals surface area contributed by atoms with Gasteiger partial charge >= 0.3 is 0 Å². The molecule has 0 saturated heterocycles. The number of hydrogen-bond donors (Lipinski definition) is 2. The maximum Gasteiger partial charge on any atom is 0.187 e. The topological polar surface area (TPSA) is 63.8 Å². The van der Waals surface area contributed by atoms with Crippen LogP contribution >= 0.6 is 39.7 Å². The normalized spacial score (nSPS) is 10.2. The summed E-state index contributed by atoms with van der Waals surface area (Å²) < 4.78 is 0. The third-order valence-electron chi connectivity index (χ3n) is 2.80. The van der Waals surface area contributed by atoms with Gasteiger partial charge in [-0.25, -0.2) is 9.97 Å². The molecule has 4 nitrogen and oxygen atoms in total. The molecule has 0 bridgehead atoms. The largest absolute Gasteiger partial charge is 0.399 e. The Balaban J connectivity index is 0.00000161. The molecule has 2 aromatic heterocycles. The van der Waals surface area contributed by atoms with Crippen LogP contribution < -0.4 is 11.1 Å². The van der Waals surface area contributed by atoms with Crippen LogP contribution in [0.2, 0.25) is 0 Å². The van der Waals surface area contributed by atoms with E-state index >= 15 is 0 Å². The Morgan fingerprint density at radius 2 is 1.81 bits per heavy atom. The third kappa shape index (κ3) is 3.61. The number of nitrogens with two attached hydrogens (primary N) is 1. The molecule has 110 valence electrons. The number of anilines is 3. The summed E-state index contributed by atoms with van der Waals surface area (Å²) in [6, 6.07) is 7.62. The van der Waals surface area contributed by atoms with Crippen LogP contribution in [-0.2, 0) is 0 Å². The zero-order valence-electron chi connectivity index (χ0n) is 11.6. The molecular formula is C14H15BrN4S2. The maximum atomic E-state index is 5.67. The molecule has 3 N–H and O–H groups in total. The van der Waals surface area contributed by atoms with Gasteiger partial charge in [-0.15, -0.1) is 39.7 Å². The van der Waals surface area contributed by atoms with Crippen LogP contribution in [0.15, 0.2) is 29.6 Å². The average molecular weight is 383 g/mol. The molecule has 0 amide bonds. The number of hydrogen-bond acceptors (Lipinski definition) is 6. The summed E-state index contributed by atoms with van der Waals surface area (Å²) in [5, 5.41) is 7.28. The SMILES string of the molecule is Br.Cc1nc(C)c(-c2csc(Nc3ccc(N)cc3)n2)s1. The molecule has 3 rings (SSSR count). The molecule has 0 aliphatic rings. The van der Waals surface area contributed by atoms with Gasteiger partial charge in [0, 0.05) is 16.8 Å². The van der Waals surface area contributed by atoms with E-state index in [2.05, 4.69) is 20.7 Å². The minimum atomic E-state index is 0. The lowest BCUT2D eigenvalue weighted by atomic mass is 10.3. The molecule has 0 fully saturated rings. The Labute approximate surface area is 141 Å². The van der Waals surface area contributed by atoms with Crippen LogP contribution in [0.5, 0.6) is 0 Å². The Hall–Kier alpha value is -1.44. The molecule has 0 radical (unpaired) electrons. The summed E-state index contributed by atoms with van der Waals surface area (Å²) in [4.78, 5) is 10.2. The van der Waals surface area contributed by atoms with Crippen molar-refractivity contribution in [3.63, 3.8) is 0 Å². The summed E-state index contributed by atoms with van der Waals surface area (Å²) in [6.07, 6.45) is 0. The van der Waals surface area contributed by atoms with Gasteiger partial charge in [0.15, 0.2) is 5.13 Å². The van der Waals surface area contributed by atoms with Crippen molar-refractivity contribution in [1.29, 1.82) is 0 Å². The fraction of sp³-hybridized carbons (Fsp3) is 0.143. The Morgan fingerprint density at radius 1 is 1.10 bits per heavy atom. The number of aromatic nitrogens is 2. The van der Waals surface area contributed by atoms with Gasteiger partial charge in [0.25, 0.3) is 0 Å². The predicted octanol–water partition coefficient (Wildman–Crippen LogP) is 4.79. The van der Waals surface area contributed by atoms with Gasteiger partial charge in [0.2, 0.25) is 0 Å². The van der Waals surface area contributed by atoms with Gasteiger partial charge < -0.3 is 11.1 Å². The van der Waals surface area contributed by atoms with E-state index in [4.69, 9.17) is 5.73 Å². The van der Waals surface area contributed by atoms with Crippen LogP contribution in [0.1, 0.15) is 10.7 Å². The van der Waals surface area contributed by atoms with Crippen LogP contribution in [0.4, 0.5) is 16.5 Å². The highest BCUT2D eigenvalue weighted by atomic mass is 79.9. The lowest BCUT2D eigenvalue weighted by Crippen LogP contribution is -1.90. The van der Waals surface area contributed by atoms with Gasteiger partial charge in [-0.1, -0.05) is 0 Å². The summed E-state index contributed by atoms with van der Waals surface area (Å²) in [5.41, 5.74) is 9.43. The molecule has 1 aromatic carbocycles. The van der Waals surface area contributed by atoms with Gasteiger partial charge in [0.1, 0.15) is 0 Å². The lowest BCUT2D eigenvalue weighted by molar-refractivity contribution is 1.20. The van der Waals surface area contributed by atoms with Crippen molar-refractivity contribution in [2.75, 3.05) is 11.1 Å². The second-order valence-corrected chi connectivity index (χ2v) is 6.49. The van der Waals surface area contributed by atoms with Crippen molar-refractivity contribution in [3.05, 3.63) is 40.3 Å². The van der Waals surface area contributed by atoms with E-state index in [0.29, 0.717) is 0 Å². The van der Waals surface area contributed by atoms with Gasteiger partial charge in [-0.3, -0.25) is 0 Å². The molecular weight excluding hydrogens is 368 g/mol. The molecule has 2 heterocycles. The molecule has 0 atom stereocenters. The predicted molar refractivity (Wildman–Crippen MR) is 97.2 cm³/mol. The minimum absolute atomic E-state index is 0. The van der Waals surface area contributed by atoms with E-state index < -0.39 is 0 Å². The Morgan fingerprint density at radius 3 is 2.43 bits per heavy atom. The number of benzene rings is 1. The molecule has 0 aliphatic heterocycles.